The molecular weight excluding hydrogens is 248 g/mol. The first-order valence-corrected chi connectivity index (χ1v) is 6.56. The molecular formula is C13H26N2O4. The lowest BCUT2D eigenvalue weighted by Gasteiger charge is -2.30. The van der Waals surface area contributed by atoms with E-state index in [1.54, 1.807) is 0 Å². The van der Waals surface area contributed by atoms with Gasteiger partial charge in [0.05, 0.1) is 6.54 Å². The SMILES string of the molecule is CC(C)(C)C(CCN)CCC(=O)NCC(O)C(=O)O. The van der Waals surface area contributed by atoms with Crippen molar-refractivity contribution < 1.29 is 19.8 Å². The molecule has 0 fully saturated rings. The Morgan fingerprint density at radius 2 is 1.84 bits per heavy atom. The third kappa shape index (κ3) is 7.79. The molecule has 0 heterocycles. The van der Waals surface area contributed by atoms with Gasteiger partial charge in [-0.05, 0) is 30.7 Å². The monoisotopic (exact) mass is 274 g/mol. The first-order valence-electron chi connectivity index (χ1n) is 6.56. The van der Waals surface area contributed by atoms with Gasteiger partial charge in [-0.15, -0.1) is 0 Å². The molecule has 0 aromatic heterocycles. The normalized spacial score (nSPS) is 14.8. The van der Waals surface area contributed by atoms with Crippen LogP contribution in [-0.2, 0) is 9.59 Å². The van der Waals surface area contributed by atoms with E-state index in [0.29, 0.717) is 25.3 Å². The number of carboxylic acid groups (broad SMARTS) is 1. The lowest BCUT2D eigenvalue weighted by Crippen LogP contribution is -2.37. The molecule has 0 radical (unpaired) electrons. The van der Waals surface area contributed by atoms with E-state index in [0.717, 1.165) is 6.42 Å². The topological polar surface area (TPSA) is 113 Å². The van der Waals surface area contributed by atoms with Gasteiger partial charge >= 0.3 is 5.97 Å². The first-order chi connectivity index (χ1) is 8.68. The number of nitrogens with one attached hydrogen (secondary N) is 1. The molecule has 0 aliphatic heterocycles. The number of amides is 1. The minimum Gasteiger partial charge on any atom is -0.479 e. The molecule has 5 N–H and O–H groups in total. The highest BCUT2D eigenvalue weighted by Crippen LogP contribution is 2.31. The van der Waals surface area contributed by atoms with Crippen molar-refractivity contribution in [1.82, 2.24) is 5.32 Å². The summed E-state index contributed by atoms with van der Waals surface area (Å²) >= 11 is 0. The van der Waals surface area contributed by atoms with E-state index in [9.17, 15) is 9.59 Å². The number of aliphatic hydroxyl groups excluding tert-OH is 1. The van der Waals surface area contributed by atoms with Gasteiger partial charge in [-0.2, -0.15) is 0 Å². The minimum absolute atomic E-state index is 0.0836. The lowest BCUT2D eigenvalue weighted by atomic mass is 9.76. The van der Waals surface area contributed by atoms with Gasteiger partial charge in [0.2, 0.25) is 5.91 Å². The van der Waals surface area contributed by atoms with Crippen LogP contribution >= 0.6 is 0 Å². The zero-order valence-corrected chi connectivity index (χ0v) is 12.0. The quantitative estimate of drug-likeness (QED) is 0.510. The van der Waals surface area contributed by atoms with Crippen LogP contribution in [0.25, 0.3) is 0 Å². The standard InChI is InChI=1S/C13H26N2O4/c1-13(2,3)9(6-7-14)4-5-11(17)15-8-10(16)12(18)19/h9-10,16H,4-8,14H2,1-3H3,(H,15,17)(H,18,19). The summed E-state index contributed by atoms with van der Waals surface area (Å²) in [6, 6.07) is 0. The van der Waals surface area contributed by atoms with Crippen LogP contribution in [0.1, 0.15) is 40.0 Å². The van der Waals surface area contributed by atoms with Gasteiger partial charge in [0.15, 0.2) is 6.10 Å². The number of hydrogen-bond donors (Lipinski definition) is 4. The van der Waals surface area contributed by atoms with Gasteiger partial charge in [0.25, 0.3) is 0 Å². The summed E-state index contributed by atoms with van der Waals surface area (Å²) in [6.07, 6.45) is 0.324. The second-order valence-corrected chi connectivity index (χ2v) is 5.84. The Morgan fingerprint density at radius 1 is 1.26 bits per heavy atom. The van der Waals surface area contributed by atoms with Crippen molar-refractivity contribution in [3.05, 3.63) is 0 Å². The summed E-state index contributed by atoms with van der Waals surface area (Å²) < 4.78 is 0. The minimum atomic E-state index is -1.55. The Kier molecular flexibility index (Phi) is 7.63. The van der Waals surface area contributed by atoms with E-state index < -0.39 is 12.1 Å². The molecule has 19 heavy (non-hydrogen) atoms. The van der Waals surface area contributed by atoms with Gasteiger partial charge in [-0.1, -0.05) is 20.8 Å². The second kappa shape index (κ2) is 8.12. The summed E-state index contributed by atoms with van der Waals surface area (Å²) in [5.74, 6) is -1.24. The molecule has 0 bridgehead atoms. The number of hydrogen-bond acceptors (Lipinski definition) is 4. The summed E-state index contributed by atoms with van der Waals surface area (Å²) in [4.78, 5) is 21.9. The molecule has 0 aliphatic rings. The van der Waals surface area contributed by atoms with Crippen molar-refractivity contribution in [2.24, 2.45) is 17.1 Å². The van der Waals surface area contributed by atoms with Crippen molar-refractivity contribution in [3.8, 4) is 0 Å². The fraction of sp³-hybridized carbons (Fsp3) is 0.846. The van der Waals surface area contributed by atoms with Crippen LogP contribution in [0.2, 0.25) is 0 Å². The van der Waals surface area contributed by atoms with Gasteiger partial charge in [0, 0.05) is 6.42 Å². The molecule has 6 heteroatoms. The van der Waals surface area contributed by atoms with Crippen LogP contribution in [0.5, 0.6) is 0 Å². The van der Waals surface area contributed by atoms with Gasteiger partial charge in [0.1, 0.15) is 0 Å². The molecule has 0 aliphatic carbocycles. The van der Waals surface area contributed by atoms with Gasteiger partial charge in [-0.25, -0.2) is 4.79 Å². The molecule has 6 nitrogen and oxygen atoms in total. The van der Waals surface area contributed by atoms with Crippen LogP contribution in [0.3, 0.4) is 0 Å². The summed E-state index contributed by atoms with van der Waals surface area (Å²) in [6.45, 7) is 6.66. The maximum Gasteiger partial charge on any atom is 0.334 e. The Labute approximate surface area is 114 Å². The predicted octanol–water partition coefficient (Wildman–Crippen LogP) is 0.339. The highest BCUT2D eigenvalue weighted by Gasteiger charge is 2.24. The highest BCUT2D eigenvalue weighted by atomic mass is 16.4. The Balaban J connectivity index is 4.09. The molecule has 0 rings (SSSR count). The number of aliphatic carboxylic acids is 1. The summed E-state index contributed by atoms with van der Waals surface area (Å²) in [7, 11) is 0. The molecule has 112 valence electrons. The predicted molar refractivity (Wildman–Crippen MR) is 72.5 cm³/mol. The highest BCUT2D eigenvalue weighted by molar-refractivity contribution is 5.77. The molecule has 0 aromatic rings. The van der Waals surface area contributed by atoms with E-state index in [1.165, 1.54) is 0 Å². The average Bonchev–Trinajstić information content (AvgIpc) is 2.29. The molecule has 0 saturated heterocycles. The Bertz CT molecular complexity index is 300. The summed E-state index contributed by atoms with van der Waals surface area (Å²) in [5.41, 5.74) is 5.65. The molecule has 2 unspecified atom stereocenters. The van der Waals surface area contributed by atoms with Crippen LogP contribution in [0.15, 0.2) is 0 Å². The van der Waals surface area contributed by atoms with E-state index in [4.69, 9.17) is 15.9 Å². The van der Waals surface area contributed by atoms with E-state index >= 15 is 0 Å². The number of aliphatic hydroxyl groups is 1. The fourth-order valence-corrected chi connectivity index (χ4v) is 1.90. The largest absolute Gasteiger partial charge is 0.479 e. The molecule has 0 saturated carbocycles. The van der Waals surface area contributed by atoms with E-state index in [1.807, 2.05) is 0 Å². The van der Waals surface area contributed by atoms with Crippen molar-refractivity contribution in [2.75, 3.05) is 13.1 Å². The molecule has 1 amide bonds. The molecule has 0 spiro atoms. The fourth-order valence-electron chi connectivity index (χ4n) is 1.90. The van der Waals surface area contributed by atoms with Crippen LogP contribution in [0.4, 0.5) is 0 Å². The third-order valence-electron chi connectivity index (χ3n) is 3.24. The van der Waals surface area contributed by atoms with Gasteiger partial charge < -0.3 is 21.3 Å². The third-order valence-corrected chi connectivity index (χ3v) is 3.24. The smallest absolute Gasteiger partial charge is 0.334 e. The van der Waals surface area contributed by atoms with Crippen LogP contribution < -0.4 is 11.1 Å². The van der Waals surface area contributed by atoms with Crippen molar-refractivity contribution in [1.29, 1.82) is 0 Å². The maximum absolute atomic E-state index is 11.6. The number of carbonyl (C=O) groups excluding carboxylic acids is 1. The van der Waals surface area contributed by atoms with E-state index in [-0.39, 0.29) is 17.9 Å². The zero-order valence-electron chi connectivity index (χ0n) is 12.0. The van der Waals surface area contributed by atoms with E-state index in [2.05, 4.69) is 26.1 Å². The lowest BCUT2D eigenvalue weighted by molar-refractivity contribution is -0.146. The zero-order chi connectivity index (χ0) is 15.1. The van der Waals surface area contributed by atoms with Crippen LogP contribution in [-0.4, -0.2) is 41.3 Å². The number of rotatable bonds is 8. The molecule has 2 atom stereocenters. The molecule has 0 aromatic carbocycles. The number of carbonyl (C=O) groups is 2. The number of carboxylic acids is 1. The second-order valence-electron chi connectivity index (χ2n) is 5.84. The average molecular weight is 274 g/mol. The van der Waals surface area contributed by atoms with Crippen molar-refractivity contribution in [2.45, 2.75) is 46.1 Å². The number of nitrogens with two attached hydrogens (primary N) is 1. The Hall–Kier alpha value is -1.14. The first kappa shape index (κ1) is 17.9. The summed E-state index contributed by atoms with van der Waals surface area (Å²) in [5, 5.41) is 19.9. The van der Waals surface area contributed by atoms with Crippen molar-refractivity contribution in [3.63, 3.8) is 0 Å². The Morgan fingerprint density at radius 3 is 2.26 bits per heavy atom. The van der Waals surface area contributed by atoms with Gasteiger partial charge in [-0.3, -0.25) is 4.79 Å². The maximum atomic E-state index is 11.6. The van der Waals surface area contributed by atoms with Crippen molar-refractivity contribution >= 4 is 11.9 Å². The van der Waals surface area contributed by atoms with Crippen LogP contribution in [0, 0.1) is 11.3 Å².